The molecule has 1 fully saturated rings. The molecule has 0 unspecified atom stereocenters. The molecule has 0 radical (unpaired) electrons. The summed E-state index contributed by atoms with van der Waals surface area (Å²) in [6.07, 6.45) is 8.63. The van der Waals surface area contributed by atoms with Crippen LogP contribution in [0.2, 0.25) is 0 Å². The number of aromatic nitrogens is 3. The number of carbonyl (C=O) groups excluding carboxylic acids is 1. The summed E-state index contributed by atoms with van der Waals surface area (Å²) in [5.41, 5.74) is 0. The number of ether oxygens (including phenoxy) is 1. The number of benzene rings is 1. The molecule has 30 heavy (non-hydrogen) atoms. The van der Waals surface area contributed by atoms with E-state index in [-0.39, 0.29) is 12.5 Å². The quantitative estimate of drug-likeness (QED) is 0.722. The Labute approximate surface area is 178 Å². The van der Waals surface area contributed by atoms with E-state index in [9.17, 15) is 4.79 Å². The molecule has 1 aromatic carbocycles. The number of rotatable bonds is 8. The van der Waals surface area contributed by atoms with Crippen LogP contribution in [0.5, 0.6) is 5.75 Å². The van der Waals surface area contributed by atoms with Crippen molar-refractivity contribution < 1.29 is 9.53 Å². The van der Waals surface area contributed by atoms with Gasteiger partial charge in [-0.1, -0.05) is 37.5 Å². The second-order valence-electron chi connectivity index (χ2n) is 8.44. The maximum absolute atomic E-state index is 12.0. The summed E-state index contributed by atoms with van der Waals surface area (Å²) < 4.78 is 7.74. The Bertz CT molecular complexity index is 801. The molecule has 2 heterocycles. The normalized spacial score (nSPS) is 17.9. The predicted octanol–water partition coefficient (Wildman–Crippen LogP) is 2.45. The molecule has 7 heteroatoms. The zero-order chi connectivity index (χ0) is 20.6. The van der Waals surface area contributed by atoms with Crippen molar-refractivity contribution in [1.82, 2.24) is 25.0 Å². The van der Waals surface area contributed by atoms with Crippen LogP contribution in [0, 0.1) is 5.92 Å². The highest BCUT2D eigenvalue weighted by Crippen LogP contribution is 2.25. The van der Waals surface area contributed by atoms with Gasteiger partial charge in [0, 0.05) is 45.6 Å². The van der Waals surface area contributed by atoms with E-state index in [0.717, 1.165) is 43.6 Å². The van der Waals surface area contributed by atoms with Crippen molar-refractivity contribution in [3.63, 3.8) is 0 Å². The van der Waals surface area contributed by atoms with Crippen LogP contribution >= 0.6 is 0 Å². The molecule has 4 rings (SSSR count). The predicted molar refractivity (Wildman–Crippen MR) is 115 cm³/mol. The summed E-state index contributed by atoms with van der Waals surface area (Å²) in [4.78, 5) is 14.6. The number of para-hydroxylation sites is 1. The van der Waals surface area contributed by atoms with Crippen LogP contribution < -0.4 is 10.1 Å². The van der Waals surface area contributed by atoms with Gasteiger partial charge in [-0.25, -0.2) is 0 Å². The molecular weight excluding hydrogens is 378 g/mol. The number of amides is 1. The fraction of sp³-hybridized carbons (Fsp3) is 0.609. The molecule has 0 spiro atoms. The summed E-state index contributed by atoms with van der Waals surface area (Å²) >= 11 is 0. The average molecular weight is 412 g/mol. The van der Waals surface area contributed by atoms with E-state index < -0.39 is 0 Å². The lowest BCUT2D eigenvalue weighted by Gasteiger charge is -2.28. The highest BCUT2D eigenvalue weighted by atomic mass is 16.5. The van der Waals surface area contributed by atoms with Crippen LogP contribution in [0.25, 0.3) is 0 Å². The smallest absolute Gasteiger partial charge is 0.257 e. The minimum Gasteiger partial charge on any atom is -0.484 e. The summed E-state index contributed by atoms with van der Waals surface area (Å²) in [6, 6.07) is 9.39. The Kier molecular flexibility index (Phi) is 7.34. The minimum absolute atomic E-state index is 0.0259. The van der Waals surface area contributed by atoms with Crippen LogP contribution in [-0.2, 0) is 24.2 Å². The number of nitrogens with zero attached hydrogens (tertiary/aromatic N) is 4. The zero-order valence-electron chi connectivity index (χ0n) is 17.8. The first-order chi connectivity index (χ1) is 14.8. The lowest BCUT2D eigenvalue weighted by Crippen LogP contribution is -2.33. The van der Waals surface area contributed by atoms with E-state index in [1.54, 1.807) is 0 Å². The maximum atomic E-state index is 12.0. The van der Waals surface area contributed by atoms with E-state index in [2.05, 4.69) is 25.0 Å². The number of hydrogen-bond acceptors (Lipinski definition) is 5. The fourth-order valence-corrected chi connectivity index (χ4v) is 4.56. The largest absolute Gasteiger partial charge is 0.484 e. The second-order valence-corrected chi connectivity index (χ2v) is 8.44. The van der Waals surface area contributed by atoms with E-state index in [0.29, 0.717) is 18.7 Å². The van der Waals surface area contributed by atoms with Gasteiger partial charge < -0.3 is 19.5 Å². The Morgan fingerprint density at radius 2 is 1.90 bits per heavy atom. The number of hydrogen-bond donors (Lipinski definition) is 1. The van der Waals surface area contributed by atoms with E-state index in [4.69, 9.17) is 4.74 Å². The minimum atomic E-state index is -0.117. The first-order valence-electron chi connectivity index (χ1n) is 11.4. The van der Waals surface area contributed by atoms with Crippen molar-refractivity contribution in [3.8, 4) is 5.75 Å². The Morgan fingerprint density at radius 3 is 2.73 bits per heavy atom. The molecule has 0 saturated heterocycles. The van der Waals surface area contributed by atoms with Gasteiger partial charge in [-0.2, -0.15) is 0 Å². The van der Waals surface area contributed by atoms with Gasteiger partial charge in [-0.15, -0.1) is 10.2 Å². The molecule has 162 valence electrons. The summed E-state index contributed by atoms with van der Waals surface area (Å²) in [5.74, 6) is 3.50. The van der Waals surface area contributed by atoms with Gasteiger partial charge in [0.15, 0.2) is 6.61 Å². The molecule has 1 saturated carbocycles. The van der Waals surface area contributed by atoms with Crippen molar-refractivity contribution in [2.24, 2.45) is 5.92 Å². The second kappa shape index (κ2) is 10.6. The van der Waals surface area contributed by atoms with Crippen molar-refractivity contribution in [2.75, 3.05) is 32.8 Å². The van der Waals surface area contributed by atoms with Crippen LogP contribution in [0.15, 0.2) is 30.3 Å². The Morgan fingerprint density at radius 1 is 1.07 bits per heavy atom. The first-order valence-corrected chi connectivity index (χ1v) is 11.4. The number of carbonyl (C=O) groups is 1. The third-order valence-electron chi connectivity index (χ3n) is 6.22. The topological polar surface area (TPSA) is 72.3 Å². The number of nitrogens with one attached hydrogen (secondary N) is 1. The van der Waals surface area contributed by atoms with E-state index in [1.165, 1.54) is 38.6 Å². The van der Waals surface area contributed by atoms with E-state index >= 15 is 0 Å². The third kappa shape index (κ3) is 5.81. The van der Waals surface area contributed by atoms with Crippen LogP contribution in [0.4, 0.5) is 0 Å². The van der Waals surface area contributed by atoms with Gasteiger partial charge in [0.2, 0.25) is 0 Å². The molecule has 1 aliphatic carbocycles. The molecule has 2 aromatic rings. The fourth-order valence-electron chi connectivity index (χ4n) is 4.56. The molecule has 1 N–H and O–H groups in total. The Hall–Kier alpha value is -2.41. The lowest BCUT2D eigenvalue weighted by atomic mass is 9.89. The van der Waals surface area contributed by atoms with Crippen LogP contribution in [0.1, 0.15) is 43.8 Å². The van der Waals surface area contributed by atoms with Gasteiger partial charge in [-0.05, 0) is 30.9 Å². The van der Waals surface area contributed by atoms with Crippen molar-refractivity contribution >= 4 is 5.91 Å². The monoisotopic (exact) mass is 411 g/mol. The summed E-state index contributed by atoms with van der Waals surface area (Å²) in [6.45, 7) is 4.87. The Balaban J connectivity index is 1.20. The highest BCUT2D eigenvalue weighted by molar-refractivity contribution is 5.77. The molecule has 7 nitrogen and oxygen atoms in total. The van der Waals surface area contributed by atoms with Gasteiger partial charge >= 0.3 is 0 Å². The van der Waals surface area contributed by atoms with Crippen molar-refractivity contribution in [1.29, 1.82) is 0 Å². The maximum Gasteiger partial charge on any atom is 0.257 e. The summed E-state index contributed by atoms with van der Waals surface area (Å²) in [5, 5.41) is 11.7. The first kappa shape index (κ1) is 20.8. The van der Waals surface area contributed by atoms with Crippen molar-refractivity contribution in [3.05, 3.63) is 42.0 Å². The molecule has 2 aliphatic rings. The molecule has 1 aromatic heterocycles. The van der Waals surface area contributed by atoms with Gasteiger partial charge in [-0.3, -0.25) is 4.79 Å². The third-order valence-corrected chi connectivity index (χ3v) is 6.22. The van der Waals surface area contributed by atoms with Gasteiger partial charge in [0.05, 0.1) is 0 Å². The average Bonchev–Trinajstić information content (AvgIpc) is 3.06. The number of fused-ring (bicyclic) bond motifs is 1. The SMILES string of the molecule is O=C(COc1ccccc1)NCCc1nnc2n1CCN(CC1CCCCC1)CC2. The van der Waals surface area contributed by atoms with Crippen LogP contribution in [-0.4, -0.2) is 58.4 Å². The van der Waals surface area contributed by atoms with Gasteiger partial charge in [0.25, 0.3) is 5.91 Å². The van der Waals surface area contributed by atoms with E-state index in [1.807, 2.05) is 30.3 Å². The molecule has 1 aliphatic heterocycles. The molecule has 0 bridgehead atoms. The van der Waals surface area contributed by atoms with Crippen LogP contribution in [0.3, 0.4) is 0 Å². The molecular formula is C23H33N5O2. The molecule has 0 atom stereocenters. The lowest BCUT2D eigenvalue weighted by molar-refractivity contribution is -0.123. The highest BCUT2D eigenvalue weighted by Gasteiger charge is 2.22. The summed E-state index contributed by atoms with van der Waals surface area (Å²) in [7, 11) is 0. The zero-order valence-corrected chi connectivity index (χ0v) is 17.8. The standard InChI is InChI=1S/C23H33N5O2/c29-23(18-30-20-9-5-2-6-10-20)24-13-11-21-25-26-22-12-14-27(15-16-28(21)22)17-19-7-3-1-4-8-19/h2,5-6,9-10,19H,1,3-4,7-8,11-18H2,(H,24,29). The van der Waals surface area contributed by atoms with Gasteiger partial charge in [0.1, 0.15) is 17.4 Å². The molecule has 1 amide bonds. The van der Waals surface area contributed by atoms with Crippen molar-refractivity contribution in [2.45, 2.75) is 51.5 Å².